The number of piperidine rings is 1. The van der Waals surface area contributed by atoms with Gasteiger partial charge in [-0.3, -0.25) is 9.69 Å². The average molecular weight is 395 g/mol. The highest BCUT2D eigenvalue weighted by Gasteiger charge is 2.33. The SMILES string of the molecule is CN1CCC[C@H](COC(=O)CCc2ccco2)[C@H]1c1ccc(C(F)(F)F)cc1. The number of nitrogens with zero attached hydrogens (tertiary/aromatic N) is 1. The summed E-state index contributed by atoms with van der Waals surface area (Å²) in [6.07, 6.45) is -0.239. The molecule has 1 aromatic carbocycles. The molecule has 0 saturated carbocycles. The third-order valence-electron chi connectivity index (χ3n) is 5.20. The Morgan fingerprint density at radius 3 is 2.64 bits per heavy atom. The molecule has 0 amide bonds. The van der Waals surface area contributed by atoms with Gasteiger partial charge in [0, 0.05) is 18.4 Å². The number of ether oxygens (including phenoxy) is 1. The molecule has 1 fully saturated rings. The molecular weight excluding hydrogens is 371 g/mol. The van der Waals surface area contributed by atoms with Crippen molar-refractivity contribution < 1.29 is 27.1 Å². The average Bonchev–Trinajstić information content (AvgIpc) is 3.18. The predicted octanol–water partition coefficient (Wildman–Crippen LogP) is 4.86. The van der Waals surface area contributed by atoms with Gasteiger partial charge in [-0.15, -0.1) is 0 Å². The van der Waals surface area contributed by atoms with E-state index in [4.69, 9.17) is 9.15 Å². The summed E-state index contributed by atoms with van der Waals surface area (Å²) in [4.78, 5) is 14.2. The van der Waals surface area contributed by atoms with Gasteiger partial charge < -0.3 is 9.15 Å². The first kappa shape index (κ1) is 20.5. The van der Waals surface area contributed by atoms with Gasteiger partial charge in [0.15, 0.2) is 0 Å². The summed E-state index contributed by atoms with van der Waals surface area (Å²) in [5.41, 5.74) is 0.155. The minimum absolute atomic E-state index is 0.0445. The van der Waals surface area contributed by atoms with Crippen molar-refractivity contribution in [2.24, 2.45) is 5.92 Å². The van der Waals surface area contributed by atoms with Crippen LogP contribution in [0.1, 0.15) is 42.2 Å². The number of alkyl halides is 3. The van der Waals surface area contributed by atoms with Gasteiger partial charge in [0.05, 0.1) is 24.9 Å². The topological polar surface area (TPSA) is 42.7 Å². The second-order valence-corrected chi connectivity index (χ2v) is 7.21. The van der Waals surface area contributed by atoms with Gasteiger partial charge in [0.1, 0.15) is 5.76 Å². The molecule has 0 spiro atoms. The van der Waals surface area contributed by atoms with E-state index in [-0.39, 0.29) is 31.0 Å². The number of halogens is 3. The van der Waals surface area contributed by atoms with Crippen LogP contribution in [-0.2, 0) is 22.1 Å². The standard InChI is InChI=1S/C21H24F3NO3/c1-25-12-2-4-16(14-28-19(26)11-10-18-5-3-13-27-18)20(25)15-6-8-17(9-7-15)21(22,23)24/h3,5-9,13,16,20H,2,4,10-12,14H2,1H3/t16-,20-/m1/s1. The van der Waals surface area contributed by atoms with Gasteiger partial charge in [-0.25, -0.2) is 0 Å². The summed E-state index contributed by atoms with van der Waals surface area (Å²) in [5.74, 6) is 0.482. The van der Waals surface area contributed by atoms with Crippen molar-refractivity contribution in [1.82, 2.24) is 4.90 Å². The largest absolute Gasteiger partial charge is 0.469 e. The molecule has 2 atom stereocenters. The lowest BCUT2D eigenvalue weighted by Gasteiger charge is -2.39. The number of benzene rings is 1. The molecule has 28 heavy (non-hydrogen) atoms. The molecule has 1 aliphatic rings. The van der Waals surface area contributed by atoms with Gasteiger partial charge in [0.2, 0.25) is 0 Å². The van der Waals surface area contributed by atoms with Crippen LogP contribution in [0.15, 0.2) is 47.1 Å². The fourth-order valence-corrected chi connectivity index (χ4v) is 3.78. The van der Waals surface area contributed by atoms with Crippen molar-refractivity contribution >= 4 is 5.97 Å². The summed E-state index contributed by atoms with van der Waals surface area (Å²) in [6, 6.07) is 8.79. The Morgan fingerprint density at radius 2 is 2.00 bits per heavy atom. The maximum atomic E-state index is 12.8. The van der Waals surface area contributed by atoms with Crippen LogP contribution in [-0.4, -0.2) is 31.1 Å². The Balaban J connectivity index is 1.61. The Labute approximate surface area is 162 Å². The van der Waals surface area contributed by atoms with E-state index in [1.165, 1.54) is 12.1 Å². The van der Waals surface area contributed by atoms with Crippen molar-refractivity contribution in [1.29, 1.82) is 0 Å². The number of aryl methyl sites for hydroxylation is 1. The second kappa shape index (κ2) is 8.82. The van der Waals surface area contributed by atoms with Crippen molar-refractivity contribution in [2.75, 3.05) is 20.2 Å². The maximum Gasteiger partial charge on any atom is 0.416 e. The molecule has 3 rings (SSSR count). The zero-order valence-electron chi connectivity index (χ0n) is 15.7. The van der Waals surface area contributed by atoms with Gasteiger partial charge in [-0.2, -0.15) is 13.2 Å². The van der Waals surface area contributed by atoms with E-state index in [1.54, 1.807) is 12.3 Å². The summed E-state index contributed by atoms with van der Waals surface area (Å²) in [5, 5.41) is 0. The minimum atomic E-state index is -4.35. The molecular formula is C21H24F3NO3. The molecule has 1 aromatic heterocycles. The third kappa shape index (κ3) is 5.16. The van der Waals surface area contributed by atoms with E-state index >= 15 is 0 Å². The van der Waals surface area contributed by atoms with Gasteiger partial charge in [-0.1, -0.05) is 12.1 Å². The minimum Gasteiger partial charge on any atom is -0.469 e. The monoisotopic (exact) mass is 395 g/mol. The molecule has 1 saturated heterocycles. The molecule has 0 aliphatic carbocycles. The van der Waals surface area contributed by atoms with Gasteiger partial charge in [-0.05, 0) is 56.3 Å². The molecule has 0 N–H and O–H groups in total. The van der Waals surface area contributed by atoms with Crippen molar-refractivity contribution in [3.63, 3.8) is 0 Å². The zero-order valence-corrected chi connectivity index (χ0v) is 15.7. The molecule has 2 heterocycles. The lowest BCUT2D eigenvalue weighted by atomic mass is 9.85. The first-order chi connectivity index (χ1) is 13.3. The van der Waals surface area contributed by atoms with Gasteiger partial charge in [0.25, 0.3) is 0 Å². The smallest absolute Gasteiger partial charge is 0.416 e. The lowest BCUT2D eigenvalue weighted by Crippen LogP contribution is -2.38. The zero-order chi connectivity index (χ0) is 20.1. The van der Waals surface area contributed by atoms with E-state index in [9.17, 15) is 18.0 Å². The van der Waals surface area contributed by atoms with E-state index in [0.717, 1.165) is 42.8 Å². The number of furan rings is 1. The molecule has 152 valence electrons. The van der Waals surface area contributed by atoms with Crippen LogP contribution in [0.25, 0.3) is 0 Å². The van der Waals surface area contributed by atoms with Crippen molar-refractivity contribution in [3.8, 4) is 0 Å². The molecule has 4 nitrogen and oxygen atoms in total. The first-order valence-corrected chi connectivity index (χ1v) is 9.40. The number of hydrogen-bond acceptors (Lipinski definition) is 4. The van der Waals surface area contributed by atoms with Crippen LogP contribution >= 0.6 is 0 Å². The number of esters is 1. The highest BCUT2D eigenvalue weighted by atomic mass is 19.4. The number of hydrogen-bond donors (Lipinski definition) is 0. The molecule has 0 bridgehead atoms. The van der Waals surface area contributed by atoms with E-state index in [2.05, 4.69) is 4.90 Å². The summed E-state index contributed by atoms with van der Waals surface area (Å²) in [6.45, 7) is 1.11. The molecule has 0 radical (unpaired) electrons. The number of likely N-dealkylation sites (tertiary alicyclic amines) is 1. The van der Waals surface area contributed by atoms with E-state index in [0.29, 0.717) is 6.42 Å². The summed E-state index contributed by atoms with van der Waals surface area (Å²) < 4.78 is 49.2. The Morgan fingerprint density at radius 1 is 1.25 bits per heavy atom. The number of rotatable bonds is 6. The predicted molar refractivity (Wildman–Crippen MR) is 97.5 cm³/mol. The molecule has 1 aliphatic heterocycles. The maximum absolute atomic E-state index is 12.8. The Bertz CT molecular complexity index is 756. The summed E-state index contributed by atoms with van der Waals surface area (Å²) >= 11 is 0. The second-order valence-electron chi connectivity index (χ2n) is 7.21. The van der Waals surface area contributed by atoms with Crippen LogP contribution < -0.4 is 0 Å². The van der Waals surface area contributed by atoms with E-state index < -0.39 is 11.7 Å². The van der Waals surface area contributed by atoms with Crippen LogP contribution in [0.4, 0.5) is 13.2 Å². The third-order valence-corrected chi connectivity index (χ3v) is 5.20. The molecule has 0 unspecified atom stereocenters. The highest BCUT2D eigenvalue weighted by Crippen LogP contribution is 2.37. The van der Waals surface area contributed by atoms with Gasteiger partial charge >= 0.3 is 12.1 Å². The fraction of sp³-hybridized carbons (Fsp3) is 0.476. The summed E-state index contributed by atoms with van der Waals surface area (Å²) in [7, 11) is 1.95. The normalized spacial score (nSPS) is 20.9. The van der Waals surface area contributed by atoms with E-state index in [1.807, 2.05) is 13.1 Å². The quantitative estimate of drug-likeness (QED) is 0.656. The van der Waals surface area contributed by atoms with Crippen molar-refractivity contribution in [2.45, 2.75) is 37.9 Å². The number of carbonyl (C=O) groups excluding carboxylic acids is 1. The van der Waals surface area contributed by atoms with Crippen LogP contribution in [0.5, 0.6) is 0 Å². The molecule has 7 heteroatoms. The Hall–Kier alpha value is -2.28. The number of carbonyl (C=O) groups is 1. The van der Waals surface area contributed by atoms with Crippen LogP contribution in [0, 0.1) is 5.92 Å². The molecule has 2 aromatic rings. The van der Waals surface area contributed by atoms with Crippen molar-refractivity contribution in [3.05, 3.63) is 59.5 Å². The van der Waals surface area contributed by atoms with Crippen LogP contribution in [0.2, 0.25) is 0 Å². The first-order valence-electron chi connectivity index (χ1n) is 9.40. The Kier molecular flexibility index (Phi) is 6.44. The lowest BCUT2D eigenvalue weighted by molar-refractivity contribution is -0.146. The van der Waals surface area contributed by atoms with Crippen LogP contribution in [0.3, 0.4) is 0 Å². The fourth-order valence-electron chi connectivity index (χ4n) is 3.78. The highest BCUT2D eigenvalue weighted by molar-refractivity contribution is 5.69.